The highest BCUT2D eigenvalue weighted by molar-refractivity contribution is 5.20. The van der Waals surface area contributed by atoms with Crippen molar-refractivity contribution in [3.8, 4) is 0 Å². The van der Waals surface area contributed by atoms with Crippen LogP contribution in [0.25, 0.3) is 0 Å². The molecule has 0 aliphatic heterocycles. The summed E-state index contributed by atoms with van der Waals surface area (Å²) in [5.74, 6) is 0.715. The summed E-state index contributed by atoms with van der Waals surface area (Å²) < 4.78 is 5.70. The van der Waals surface area contributed by atoms with Gasteiger partial charge in [0.1, 0.15) is 11.4 Å². The van der Waals surface area contributed by atoms with Crippen LogP contribution in [0.4, 0.5) is 0 Å². The maximum Gasteiger partial charge on any atom is 0.112 e. The quantitative estimate of drug-likeness (QED) is 0.413. The third-order valence-corrected chi connectivity index (χ3v) is 2.73. The molecule has 15 heavy (non-hydrogen) atoms. The van der Waals surface area contributed by atoms with Crippen LogP contribution in [0.1, 0.15) is 33.1 Å². The monoisotopic (exact) mass is 207 g/mol. The molecule has 0 aromatic heterocycles. The molecule has 1 unspecified atom stereocenters. The largest absolute Gasteiger partial charge is 0.488 e. The lowest BCUT2D eigenvalue weighted by Gasteiger charge is -2.15. The van der Waals surface area contributed by atoms with Crippen molar-refractivity contribution in [2.45, 2.75) is 44.8 Å². The van der Waals surface area contributed by atoms with E-state index in [-0.39, 0.29) is 11.6 Å². The number of hydrogen-bond donors (Lipinski definition) is 1. The molecule has 1 aliphatic carbocycles. The average molecular weight is 207 g/mol. The van der Waals surface area contributed by atoms with E-state index in [1.54, 1.807) is 0 Å². The van der Waals surface area contributed by atoms with Gasteiger partial charge in [0.15, 0.2) is 0 Å². The predicted octanol–water partition coefficient (Wildman–Crippen LogP) is 2.92. The molecule has 0 bridgehead atoms. The normalized spacial score (nSPS) is 20.6. The van der Waals surface area contributed by atoms with E-state index in [0.29, 0.717) is 5.76 Å². The molecule has 1 atom stereocenters. The van der Waals surface area contributed by atoms with Gasteiger partial charge in [-0.15, -0.1) is 6.58 Å². The molecule has 0 amide bonds. The minimum absolute atomic E-state index is 0.0230. The molecular formula is C13H21NO. The molecule has 0 heterocycles. The van der Waals surface area contributed by atoms with Gasteiger partial charge in [-0.1, -0.05) is 18.2 Å². The van der Waals surface area contributed by atoms with E-state index >= 15 is 0 Å². The Kier molecular flexibility index (Phi) is 3.75. The van der Waals surface area contributed by atoms with Gasteiger partial charge in [-0.3, -0.25) is 0 Å². The predicted molar refractivity (Wildman–Crippen MR) is 64.4 cm³/mol. The van der Waals surface area contributed by atoms with Crippen LogP contribution in [0.15, 0.2) is 36.6 Å². The SMILES string of the molecule is C=CCC(N)/C(C)=C\C(=C)OC1(C)CC1. The van der Waals surface area contributed by atoms with E-state index in [9.17, 15) is 0 Å². The second-order valence-corrected chi connectivity index (χ2v) is 4.54. The van der Waals surface area contributed by atoms with Gasteiger partial charge in [0.25, 0.3) is 0 Å². The topological polar surface area (TPSA) is 35.2 Å². The first-order chi connectivity index (χ1) is 6.97. The average Bonchev–Trinajstić information content (AvgIpc) is 2.83. The molecule has 0 aromatic rings. The van der Waals surface area contributed by atoms with Crippen LogP contribution in [0.2, 0.25) is 0 Å². The fraction of sp³-hybridized carbons (Fsp3) is 0.538. The molecule has 0 saturated heterocycles. The fourth-order valence-corrected chi connectivity index (χ4v) is 1.35. The van der Waals surface area contributed by atoms with Gasteiger partial charge in [-0.05, 0) is 39.2 Å². The van der Waals surface area contributed by atoms with E-state index in [2.05, 4.69) is 20.1 Å². The van der Waals surface area contributed by atoms with Gasteiger partial charge in [-0.25, -0.2) is 0 Å². The summed E-state index contributed by atoms with van der Waals surface area (Å²) in [5.41, 5.74) is 7.04. The Hall–Kier alpha value is -1.02. The Bertz CT molecular complexity index is 287. The van der Waals surface area contributed by atoms with Crippen LogP contribution in [0.5, 0.6) is 0 Å². The standard InChI is InChI=1S/C13H21NO/c1-5-6-12(14)10(2)9-11(3)15-13(4)7-8-13/h5,9,12H,1,3,6-8,14H2,2,4H3/b10-9-. The van der Waals surface area contributed by atoms with Gasteiger partial charge in [0.05, 0.1) is 0 Å². The number of nitrogens with two attached hydrogens (primary N) is 1. The van der Waals surface area contributed by atoms with E-state index in [1.165, 1.54) is 0 Å². The lowest BCUT2D eigenvalue weighted by molar-refractivity contribution is 0.120. The number of ether oxygens (including phenoxy) is 1. The highest BCUT2D eigenvalue weighted by Gasteiger charge is 2.39. The number of rotatable bonds is 6. The van der Waals surface area contributed by atoms with Crippen molar-refractivity contribution >= 4 is 0 Å². The second kappa shape index (κ2) is 4.67. The molecule has 1 fully saturated rings. The molecule has 0 radical (unpaired) electrons. The Labute approximate surface area is 92.5 Å². The van der Waals surface area contributed by atoms with E-state index in [0.717, 1.165) is 24.8 Å². The smallest absolute Gasteiger partial charge is 0.112 e. The number of hydrogen-bond acceptors (Lipinski definition) is 2. The van der Waals surface area contributed by atoms with Gasteiger partial charge in [0.2, 0.25) is 0 Å². The molecule has 1 aliphatic rings. The highest BCUT2D eigenvalue weighted by Crippen LogP contribution is 2.40. The Balaban J connectivity index is 2.46. The van der Waals surface area contributed by atoms with Crippen molar-refractivity contribution in [3.05, 3.63) is 36.6 Å². The summed E-state index contributed by atoms with van der Waals surface area (Å²) in [7, 11) is 0. The van der Waals surface area contributed by atoms with Gasteiger partial charge < -0.3 is 10.5 Å². The fourth-order valence-electron chi connectivity index (χ4n) is 1.35. The van der Waals surface area contributed by atoms with Crippen molar-refractivity contribution in [1.82, 2.24) is 0 Å². The first kappa shape index (κ1) is 12.1. The third-order valence-electron chi connectivity index (χ3n) is 2.73. The first-order valence-corrected chi connectivity index (χ1v) is 5.39. The van der Waals surface area contributed by atoms with Crippen LogP contribution in [0, 0.1) is 0 Å². The van der Waals surface area contributed by atoms with E-state index in [1.807, 2.05) is 19.1 Å². The Morgan fingerprint density at radius 2 is 2.20 bits per heavy atom. The maximum atomic E-state index is 5.92. The summed E-state index contributed by atoms with van der Waals surface area (Å²) >= 11 is 0. The zero-order valence-corrected chi connectivity index (χ0v) is 9.75. The van der Waals surface area contributed by atoms with Crippen LogP contribution < -0.4 is 5.73 Å². The van der Waals surface area contributed by atoms with Crippen LogP contribution in [-0.4, -0.2) is 11.6 Å². The molecular weight excluding hydrogens is 186 g/mol. The van der Waals surface area contributed by atoms with Crippen molar-refractivity contribution in [1.29, 1.82) is 0 Å². The molecule has 2 heteroatoms. The Morgan fingerprint density at radius 3 is 2.67 bits per heavy atom. The van der Waals surface area contributed by atoms with Crippen LogP contribution >= 0.6 is 0 Å². The molecule has 0 aromatic carbocycles. The van der Waals surface area contributed by atoms with Crippen molar-refractivity contribution in [2.75, 3.05) is 0 Å². The molecule has 84 valence electrons. The molecule has 0 spiro atoms. The van der Waals surface area contributed by atoms with Crippen molar-refractivity contribution < 1.29 is 4.74 Å². The lowest BCUT2D eigenvalue weighted by Crippen LogP contribution is -2.20. The lowest BCUT2D eigenvalue weighted by atomic mass is 10.1. The molecule has 1 rings (SSSR count). The third kappa shape index (κ3) is 3.92. The van der Waals surface area contributed by atoms with Crippen LogP contribution in [-0.2, 0) is 4.74 Å². The molecule has 2 N–H and O–H groups in total. The summed E-state index contributed by atoms with van der Waals surface area (Å²) in [5, 5.41) is 0. The van der Waals surface area contributed by atoms with E-state index < -0.39 is 0 Å². The van der Waals surface area contributed by atoms with Gasteiger partial charge in [0, 0.05) is 6.04 Å². The zero-order chi connectivity index (χ0) is 11.5. The van der Waals surface area contributed by atoms with Crippen molar-refractivity contribution in [2.24, 2.45) is 5.73 Å². The summed E-state index contributed by atoms with van der Waals surface area (Å²) in [6, 6.07) is 0.0230. The summed E-state index contributed by atoms with van der Waals surface area (Å²) in [6.45, 7) is 11.7. The summed E-state index contributed by atoms with van der Waals surface area (Å²) in [4.78, 5) is 0. The minimum atomic E-state index is 0.0230. The number of allylic oxidation sites excluding steroid dienone is 1. The maximum absolute atomic E-state index is 5.92. The first-order valence-electron chi connectivity index (χ1n) is 5.39. The molecule has 2 nitrogen and oxygen atoms in total. The highest BCUT2D eigenvalue weighted by atomic mass is 16.5. The van der Waals surface area contributed by atoms with Gasteiger partial charge >= 0.3 is 0 Å². The summed E-state index contributed by atoms with van der Waals surface area (Å²) in [6.07, 6.45) is 6.79. The second-order valence-electron chi connectivity index (χ2n) is 4.54. The van der Waals surface area contributed by atoms with Crippen molar-refractivity contribution in [3.63, 3.8) is 0 Å². The van der Waals surface area contributed by atoms with E-state index in [4.69, 9.17) is 10.5 Å². The Morgan fingerprint density at radius 1 is 1.60 bits per heavy atom. The van der Waals surface area contributed by atoms with Crippen LogP contribution in [0.3, 0.4) is 0 Å². The van der Waals surface area contributed by atoms with Gasteiger partial charge in [-0.2, -0.15) is 0 Å². The minimum Gasteiger partial charge on any atom is -0.488 e. The zero-order valence-electron chi connectivity index (χ0n) is 9.75. The molecule has 1 saturated carbocycles.